The molecule has 1 aromatic carbocycles. The number of ether oxygens (including phenoxy) is 2. The molecular weight excluding hydrogens is 266 g/mol. The van der Waals surface area contributed by atoms with E-state index < -0.39 is 5.97 Å². The van der Waals surface area contributed by atoms with Crippen LogP contribution in [0.5, 0.6) is 17.2 Å². The highest BCUT2D eigenvalue weighted by atomic mass is 16.5. The van der Waals surface area contributed by atoms with Crippen molar-refractivity contribution in [1.82, 2.24) is 5.16 Å². The molecule has 0 amide bonds. The average Bonchev–Trinajstić information content (AvgIpc) is 2.79. The van der Waals surface area contributed by atoms with Crippen molar-refractivity contribution in [1.29, 1.82) is 0 Å². The van der Waals surface area contributed by atoms with Gasteiger partial charge in [-0.15, -0.1) is 0 Å². The van der Waals surface area contributed by atoms with Crippen molar-refractivity contribution in [3.05, 3.63) is 23.9 Å². The van der Waals surface area contributed by atoms with Crippen LogP contribution in [0.3, 0.4) is 0 Å². The molecule has 0 bridgehead atoms. The number of hydrogen-bond donors (Lipinski definition) is 2. The topological polar surface area (TPSA) is 102 Å². The zero-order chi connectivity index (χ0) is 14.1. The number of benzene rings is 1. The zero-order valence-corrected chi connectivity index (χ0v) is 10.3. The van der Waals surface area contributed by atoms with E-state index in [0.717, 1.165) is 6.42 Å². The number of aromatic carboxylic acids is 1. The Morgan fingerprint density at radius 2 is 1.85 bits per heavy atom. The lowest BCUT2D eigenvalue weighted by atomic mass is 10.1. The first-order valence-electron chi connectivity index (χ1n) is 5.98. The molecule has 0 unspecified atom stereocenters. The summed E-state index contributed by atoms with van der Waals surface area (Å²) < 4.78 is 15.9. The molecule has 0 aliphatic carbocycles. The number of carboxylic acid groups (broad SMARTS) is 1. The van der Waals surface area contributed by atoms with E-state index in [0.29, 0.717) is 30.3 Å². The van der Waals surface area contributed by atoms with Crippen molar-refractivity contribution in [2.75, 3.05) is 13.2 Å². The maximum absolute atomic E-state index is 10.8. The summed E-state index contributed by atoms with van der Waals surface area (Å²) in [6.07, 6.45) is 0.746. The van der Waals surface area contributed by atoms with E-state index in [-0.39, 0.29) is 17.2 Å². The zero-order valence-electron chi connectivity index (χ0n) is 10.3. The van der Waals surface area contributed by atoms with Crippen molar-refractivity contribution in [2.45, 2.75) is 6.42 Å². The van der Waals surface area contributed by atoms with Crippen LogP contribution in [0, 0.1) is 0 Å². The molecule has 0 fully saturated rings. The van der Waals surface area contributed by atoms with Gasteiger partial charge in [0.25, 0.3) is 0 Å². The molecule has 0 atom stereocenters. The molecule has 2 N–H and O–H groups in total. The largest absolute Gasteiger partial charge is 0.507 e. The maximum atomic E-state index is 10.8. The van der Waals surface area contributed by atoms with E-state index >= 15 is 0 Å². The summed E-state index contributed by atoms with van der Waals surface area (Å²) in [5.74, 6) is -0.225. The lowest BCUT2D eigenvalue weighted by Crippen LogP contribution is -1.97. The van der Waals surface area contributed by atoms with E-state index in [4.69, 9.17) is 19.1 Å². The number of hydrogen-bond acceptors (Lipinski definition) is 6. The molecule has 7 nitrogen and oxygen atoms in total. The van der Waals surface area contributed by atoms with Crippen LogP contribution in [-0.2, 0) is 0 Å². The van der Waals surface area contributed by atoms with Crippen LogP contribution < -0.4 is 9.47 Å². The summed E-state index contributed by atoms with van der Waals surface area (Å²) in [5.41, 5.74) is 0.0701. The van der Waals surface area contributed by atoms with Gasteiger partial charge in [-0.1, -0.05) is 5.16 Å². The summed E-state index contributed by atoms with van der Waals surface area (Å²) in [6.45, 7) is 1.02. The SMILES string of the molecule is O=C(O)c1cc(-c2cc3c(cc2O)OCCCO3)on1. The van der Waals surface area contributed by atoms with Gasteiger partial charge in [0.05, 0.1) is 18.8 Å². The van der Waals surface area contributed by atoms with Crippen LogP contribution in [0.4, 0.5) is 0 Å². The summed E-state index contributed by atoms with van der Waals surface area (Å²) in [4.78, 5) is 10.8. The van der Waals surface area contributed by atoms with Crippen LogP contribution in [0.15, 0.2) is 22.7 Å². The molecule has 3 rings (SSSR count). The van der Waals surface area contributed by atoms with Gasteiger partial charge in [-0.05, 0) is 6.07 Å². The van der Waals surface area contributed by atoms with E-state index in [9.17, 15) is 9.90 Å². The first-order valence-corrected chi connectivity index (χ1v) is 5.98. The molecule has 7 heteroatoms. The Kier molecular flexibility index (Phi) is 2.94. The van der Waals surface area contributed by atoms with Gasteiger partial charge in [0.2, 0.25) is 0 Å². The predicted octanol–water partition coefficient (Wildman–Crippen LogP) is 1.91. The predicted molar refractivity (Wildman–Crippen MR) is 66.2 cm³/mol. The molecule has 2 aromatic rings. The Morgan fingerprint density at radius 3 is 2.50 bits per heavy atom. The van der Waals surface area contributed by atoms with Crippen molar-refractivity contribution >= 4 is 5.97 Å². The van der Waals surface area contributed by atoms with Gasteiger partial charge in [-0.25, -0.2) is 4.79 Å². The number of fused-ring (bicyclic) bond motifs is 1. The van der Waals surface area contributed by atoms with Crippen molar-refractivity contribution in [2.24, 2.45) is 0 Å². The number of aromatic nitrogens is 1. The second-order valence-corrected chi connectivity index (χ2v) is 4.25. The van der Waals surface area contributed by atoms with Gasteiger partial charge in [0.15, 0.2) is 23.0 Å². The summed E-state index contributed by atoms with van der Waals surface area (Å²) in [7, 11) is 0. The number of aromatic hydroxyl groups is 1. The molecule has 0 radical (unpaired) electrons. The molecule has 1 aliphatic rings. The third-order valence-electron chi connectivity index (χ3n) is 2.86. The molecular formula is C13H11NO6. The molecule has 0 saturated carbocycles. The van der Waals surface area contributed by atoms with Gasteiger partial charge in [-0.3, -0.25) is 0 Å². The van der Waals surface area contributed by atoms with Crippen LogP contribution in [0.2, 0.25) is 0 Å². The molecule has 0 saturated heterocycles. The van der Waals surface area contributed by atoms with E-state index in [1.807, 2.05) is 0 Å². The first kappa shape index (κ1) is 12.3. The second kappa shape index (κ2) is 4.76. The van der Waals surface area contributed by atoms with E-state index in [1.54, 1.807) is 6.07 Å². The highest BCUT2D eigenvalue weighted by molar-refractivity contribution is 5.87. The van der Waals surface area contributed by atoms with E-state index in [1.165, 1.54) is 12.1 Å². The fraction of sp³-hybridized carbons (Fsp3) is 0.231. The molecule has 2 heterocycles. The Labute approximate surface area is 113 Å². The number of rotatable bonds is 2. The maximum Gasteiger partial charge on any atom is 0.358 e. The van der Waals surface area contributed by atoms with Crippen LogP contribution >= 0.6 is 0 Å². The third-order valence-corrected chi connectivity index (χ3v) is 2.86. The minimum atomic E-state index is -1.20. The fourth-order valence-electron chi connectivity index (χ4n) is 1.90. The van der Waals surface area contributed by atoms with Crippen LogP contribution in [-0.4, -0.2) is 34.6 Å². The second-order valence-electron chi connectivity index (χ2n) is 4.25. The monoisotopic (exact) mass is 277 g/mol. The smallest absolute Gasteiger partial charge is 0.358 e. The minimum absolute atomic E-state index is 0.0951. The quantitative estimate of drug-likeness (QED) is 0.864. The number of phenolic OH excluding ortho intramolecular Hbond substituents is 1. The first-order chi connectivity index (χ1) is 9.65. The molecule has 20 heavy (non-hydrogen) atoms. The van der Waals surface area contributed by atoms with E-state index in [2.05, 4.69) is 5.16 Å². The van der Waals surface area contributed by atoms with Gasteiger partial charge < -0.3 is 24.2 Å². The number of carbonyl (C=O) groups is 1. The Balaban J connectivity index is 2.04. The summed E-state index contributed by atoms with van der Waals surface area (Å²) in [5, 5.41) is 22.2. The molecule has 104 valence electrons. The molecule has 1 aliphatic heterocycles. The lowest BCUT2D eigenvalue weighted by Gasteiger charge is -2.09. The summed E-state index contributed by atoms with van der Waals surface area (Å²) >= 11 is 0. The number of nitrogens with zero attached hydrogens (tertiary/aromatic N) is 1. The van der Waals surface area contributed by atoms with Crippen molar-refractivity contribution in [3.8, 4) is 28.6 Å². The van der Waals surface area contributed by atoms with Crippen LogP contribution in [0.1, 0.15) is 16.9 Å². The van der Waals surface area contributed by atoms with Crippen molar-refractivity contribution < 1.29 is 29.0 Å². The van der Waals surface area contributed by atoms with Crippen LogP contribution in [0.25, 0.3) is 11.3 Å². The fourth-order valence-corrected chi connectivity index (χ4v) is 1.90. The number of phenols is 1. The highest BCUT2D eigenvalue weighted by Crippen LogP contribution is 2.40. The Morgan fingerprint density at radius 1 is 1.15 bits per heavy atom. The lowest BCUT2D eigenvalue weighted by molar-refractivity contribution is 0.0686. The van der Waals surface area contributed by atoms with Gasteiger partial charge in [0, 0.05) is 18.6 Å². The average molecular weight is 277 g/mol. The molecule has 1 aromatic heterocycles. The third kappa shape index (κ3) is 2.13. The normalized spacial score (nSPS) is 13.8. The standard InChI is InChI=1S/C13H11NO6/c15-9-6-12-11(18-2-1-3-19-12)4-7(9)10-5-8(13(16)17)14-20-10/h4-6,15H,1-3H2,(H,16,17). The minimum Gasteiger partial charge on any atom is -0.507 e. The molecule has 0 spiro atoms. The Hall–Kier alpha value is -2.70. The van der Waals surface area contributed by atoms with Gasteiger partial charge in [0.1, 0.15) is 5.75 Å². The Bertz CT molecular complexity index is 663. The van der Waals surface area contributed by atoms with Crippen molar-refractivity contribution in [3.63, 3.8) is 0 Å². The number of carboxylic acids is 1. The highest BCUT2D eigenvalue weighted by Gasteiger charge is 2.19. The van der Waals surface area contributed by atoms with Gasteiger partial charge >= 0.3 is 5.97 Å². The summed E-state index contributed by atoms with van der Waals surface area (Å²) in [6, 6.07) is 4.20. The van der Waals surface area contributed by atoms with Gasteiger partial charge in [-0.2, -0.15) is 0 Å².